The summed E-state index contributed by atoms with van der Waals surface area (Å²) in [5.74, 6) is 1.36. The van der Waals surface area contributed by atoms with E-state index in [4.69, 9.17) is 14.4 Å². The molecule has 0 spiro atoms. The van der Waals surface area contributed by atoms with Gasteiger partial charge in [-0.3, -0.25) is 0 Å². The average molecular weight is 480 g/mol. The summed E-state index contributed by atoms with van der Waals surface area (Å²) >= 11 is 0. The van der Waals surface area contributed by atoms with Crippen LogP contribution in [0.15, 0.2) is 120 Å². The number of furan rings is 1. The first-order valence-electron chi connectivity index (χ1n) is 12.5. The molecule has 1 aliphatic heterocycles. The standard InChI is InChI=1S/C33H25N3O/c1-33(2)25-18-10-11-19-28(25)36(31-30(33)24-17-9-12-20-29(24)37-31)32-34-26(22-13-5-3-6-14-22)21-27(35-32)23-15-7-4-8-16-23/h3-21H,1-2H3. The number of rotatable bonds is 3. The number of anilines is 3. The Labute approximate surface area is 215 Å². The van der Waals surface area contributed by atoms with Gasteiger partial charge in [0.1, 0.15) is 5.58 Å². The number of aromatic nitrogens is 2. The van der Waals surface area contributed by atoms with Crippen molar-refractivity contribution in [3.8, 4) is 22.5 Å². The van der Waals surface area contributed by atoms with E-state index in [9.17, 15) is 0 Å². The summed E-state index contributed by atoms with van der Waals surface area (Å²) in [5.41, 5.74) is 7.81. The normalized spacial score (nSPS) is 13.8. The molecule has 178 valence electrons. The minimum atomic E-state index is -0.256. The topological polar surface area (TPSA) is 42.2 Å². The first-order chi connectivity index (χ1) is 18.1. The lowest BCUT2D eigenvalue weighted by Gasteiger charge is -2.38. The van der Waals surface area contributed by atoms with E-state index in [0.29, 0.717) is 5.95 Å². The maximum Gasteiger partial charge on any atom is 0.238 e. The fourth-order valence-corrected chi connectivity index (χ4v) is 5.48. The van der Waals surface area contributed by atoms with Crippen LogP contribution in [0.2, 0.25) is 0 Å². The zero-order valence-electron chi connectivity index (χ0n) is 20.7. The molecule has 37 heavy (non-hydrogen) atoms. The van der Waals surface area contributed by atoms with Gasteiger partial charge in [0.05, 0.1) is 17.1 Å². The summed E-state index contributed by atoms with van der Waals surface area (Å²) in [6.45, 7) is 4.53. The Morgan fingerprint density at radius 1 is 0.649 bits per heavy atom. The fraction of sp³-hybridized carbons (Fsp3) is 0.0909. The van der Waals surface area contributed by atoms with Crippen LogP contribution in [0.3, 0.4) is 0 Å². The number of hydrogen-bond donors (Lipinski definition) is 0. The predicted molar refractivity (Wildman–Crippen MR) is 149 cm³/mol. The number of benzene rings is 4. The smallest absolute Gasteiger partial charge is 0.238 e. The second-order valence-electron chi connectivity index (χ2n) is 9.93. The van der Waals surface area contributed by atoms with Crippen molar-refractivity contribution in [2.75, 3.05) is 4.90 Å². The Hall–Kier alpha value is -4.70. The SMILES string of the molecule is CC1(C)c2ccccc2N(c2nc(-c3ccccc3)cc(-c3ccccc3)n2)c2oc3ccccc3c21. The van der Waals surface area contributed by atoms with Gasteiger partial charge in [0.25, 0.3) is 0 Å². The van der Waals surface area contributed by atoms with Crippen molar-refractivity contribution in [2.45, 2.75) is 19.3 Å². The predicted octanol–water partition coefficient (Wildman–Crippen LogP) is 8.67. The molecule has 0 fully saturated rings. The molecule has 0 amide bonds. The fourth-order valence-electron chi connectivity index (χ4n) is 5.48. The van der Waals surface area contributed by atoms with Crippen LogP contribution in [0.5, 0.6) is 0 Å². The molecule has 0 radical (unpaired) electrons. The van der Waals surface area contributed by atoms with Gasteiger partial charge in [-0.1, -0.05) is 111 Å². The van der Waals surface area contributed by atoms with Crippen LogP contribution >= 0.6 is 0 Å². The molecule has 2 aromatic heterocycles. The van der Waals surface area contributed by atoms with Crippen LogP contribution < -0.4 is 4.90 Å². The van der Waals surface area contributed by atoms with Crippen LogP contribution in [0, 0.1) is 0 Å². The number of para-hydroxylation sites is 2. The van der Waals surface area contributed by atoms with E-state index in [1.807, 2.05) is 48.5 Å². The Morgan fingerprint density at radius 2 is 1.22 bits per heavy atom. The van der Waals surface area contributed by atoms with E-state index in [2.05, 4.69) is 85.5 Å². The van der Waals surface area contributed by atoms with E-state index in [0.717, 1.165) is 50.6 Å². The van der Waals surface area contributed by atoms with E-state index in [1.54, 1.807) is 0 Å². The molecule has 0 bridgehead atoms. The molecule has 4 aromatic carbocycles. The summed E-state index contributed by atoms with van der Waals surface area (Å²) in [5, 5.41) is 1.12. The molecule has 0 saturated carbocycles. The second-order valence-corrected chi connectivity index (χ2v) is 9.93. The van der Waals surface area contributed by atoms with Gasteiger partial charge in [0.2, 0.25) is 11.8 Å². The van der Waals surface area contributed by atoms with Gasteiger partial charge in [-0.05, 0) is 23.8 Å². The van der Waals surface area contributed by atoms with Gasteiger partial charge < -0.3 is 4.42 Å². The Bertz CT molecular complexity index is 1700. The van der Waals surface area contributed by atoms with E-state index < -0.39 is 0 Å². The summed E-state index contributed by atoms with van der Waals surface area (Å²) < 4.78 is 6.59. The molecule has 0 atom stereocenters. The first-order valence-corrected chi connectivity index (χ1v) is 12.5. The molecule has 0 saturated heterocycles. The van der Waals surface area contributed by atoms with Crippen molar-refractivity contribution in [3.05, 3.63) is 126 Å². The Kier molecular flexibility index (Phi) is 4.76. The van der Waals surface area contributed by atoms with Crippen LogP contribution in [-0.4, -0.2) is 9.97 Å². The quantitative estimate of drug-likeness (QED) is 0.255. The third kappa shape index (κ3) is 3.37. The van der Waals surface area contributed by atoms with Crippen molar-refractivity contribution >= 4 is 28.5 Å². The molecule has 0 aliphatic carbocycles. The Balaban J connectivity index is 1.54. The Morgan fingerprint density at radius 3 is 1.89 bits per heavy atom. The lowest BCUT2D eigenvalue weighted by atomic mass is 9.74. The third-order valence-corrected chi connectivity index (χ3v) is 7.28. The van der Waals surface area contributed by atoms with Crippen LogP contribution in [0.4, 0.5) is 17.5 Å². The van der Waals surface area contributed by atoms with Crippen molar-refractivity contribution < 1.29 is 4.42 Å². The van der Waals surface area contributed by atoms with Crippen molar-refractivity contribution in [3.63, 3.8) is 0 Å². The van der Waals surface area contributed by atoms with E-state index in [1.165, 1.54) is 5.56 Å². The molecular weight excluding hydrogens is 454 g/mol. The molecule has 3 heterocycles. The molecular formula is C33H25N3O. The summed E-state index contributed by atoms with van der Waals surface area (Å²) in [4.78, 5) is 12.3. The minimum Gasteiger partial charge on any atom is -0.439 e. The highest BCUT2D eigenvalue weighted by Crippen LogP contribution is 2.54. The zero-order chi connectivity index (χ0) is 25.0. The molecule has 0 unspecified atom stereocenters. The number of fused-ring (bicyclic) bond motifs is 4. The number of nitrogens with zero attached hydrogens (tertiary/aromatic N) is 3. The minimum absolute atomic E-state index is 0.256. The lowest BCUT2D eigenvalue weighted by Crippen LogP contribution is -2.30. The molecule has 7 rings (SSSR count). The van der Waals surface area contributed by atoms with Gasteiger partial charge in [-0.15, -0.1) is 0 Å². The number of hydrogen-bond acceptors (Lipinski definition) is 4. The van der Waals surface area contributed by atoms with Crippen molar-refractivity contribution in [1.82, 2.24) is 9.97 Å². The molecule has 0 N–H and O–H groups in total. The van der Waals surface area contributed by atoms with E-state index in [-0.39, 0.29) is 5.41 Å². The van der Waals surface area contributed by atoms with Gasteiger partial charge in [0.15, 0.2) is 0 Å². The summed E-state index contributed by atoms with van der Waals surface area (Å²) in [7, 11) is 0. The van der Waals surface area contributed by atoms with Crippen LogP contribution in [0.1, 0.15) is 25.0 Å². The second kappa shape index (κ2) is 8.17. The molecule has 6 aromatic rings. The van der Waals surface area contributed by atoms with Crippen molar-refractivity contribution in [2.24, 2.45) is 0 Å². The van der Waals surface area contributed by atoms with Gasteiger partial charge in [-0.2, -0.15) is 0 Å². The summed E-state index contributed by atoms with van der Waals surface area (Å²) in [6, 6.07) is 39.3. The van der Waals surface area contributed by atoms with Crippen LogP contribution in [0.25, 0.3) is 33.5 Å². The molecule has 4 nitrogen and oxygen atoms in total. The van der Waals surface area contributed by atoms with Crippen LogP contribution in [-0.2, 0) is 5.41 Å². The lowest BCUT2D eigenvalue weighted by molar-refractivity contribution is 0.569. The highest BCUT2D eigenvalue weighted by atomic mass is 16.4. The third-order valence-electron chi connectivity index (χ3n) is 7.28. The first kappa shape index (κ1) is 21.6. The molecule has 4 heteroatoms. The highest BCUT2D eigenvalue weighted by Gasteiger charge is 2.42. The average Bonchev–Trinajstić information content (AvgIpc) is 3.34. The monoisotopic (exact) mass is 479 g/mol. The van der Waals surface area contributed by atoms with E-state index >= 15 is 0 Å². The molecule has 1 aliphatic rings. The maximum atomic E-state index is 6.59. The largest absolute Gasteiger partial charge is 0.439 e. The van der Waals surface area contributed by atoms with Gasteiger partial charge in [-0.25, -0.2) is 14.9 Å². The maximum absolute atomic E-state index is 6.59. The van der Waals surface area contributed by atoms with Gasteiger partial charge >= 0.3 is 0 Å². The highest BCUT2D eigenvalue weighted by molar-refractivity contribution is 5.94. The zero-order valence-corrected chi connectivity index (χ0v) is 20.7. The van der Waals surface area contributed by atoms with Gasteiger partial charge in [0, 0.05) is 27.5 Å². The van der Waals surface area contributed by atoms with Crippen molar-refractivity contribution in [1.29, 1.82) is 0 Å². The summed E-state index contributed by atoms with van der Waals surface area (Å²) in [6.07, 6.45) is 0.